The van der Waals surface area contributed by atoms with Gasteiger partial charge in [-0.25, -0.2) is 4.79 Å². The average molecular weight is 377 g/mol. The number of carboxylic acid groups (broad SMARTS) is 1. The number of alkyl halides is 3. The molecule has 27 heavy (non-hydrogen) atoms. The highest BCUT2D eigenvalue weighted by molar-refractivity contribution is 5.98. The van der Waals surface area contributed by atoms with E-state index in [-0.39, 0.29) is 17.9 Å². The third-order valence-corrected chi connectivity index (χ3v) is 5.05. The monoisotopic (exact) mass is 377 g/mol. The van der Waals surface area contributed by atoms with Crippen LogP contribution in [-0.4, -0.2) is 17.0 Å². The molecule has 2 unspecified atom stereocenters. The molecule has 1 aliphatic rings. The van der Waals surface area contributed by atoms with Crippen LogP contribution >= 0.6 is 0 Å². The summed E-state index contributed by atoms with van der Waals surface area (Å²) in [7, 11) is 0. The summed E-state index contributed by atoms with van der Waals surface area (Å²) in [6.45, 7) is 1.97. The normalized spacial score (nSPS) is 22.0. The predicted octanol–water partition coefficient (Wildman–Crippen LogP) is 4.31. The maximum atomic E-state index is 12.9. The average Bonchev–Trinajstić information content (AvgIpc) is 2.63. The van der Waals surface area contributed by atoms with Gasteiger partial charge >= 0.3 is 12.1 Å². The SMILES string of the molecule is CC1CCC(NC(=O)c2cccc(C(F)(F)F)c2)(C(=O)O)c2ccccc21. The number of hydrogen-bond acceptors (Lipinski definition) is 2. The van der Waals surface area contributed by atoms with Gasteiger partial charge < -0.3 is 10.4 Å². The zero-order valence-corrected chi connectivity index (χ0v) is 14.5. The van der Waals surface area contributed by atoms with E-state index in [4.69, 9.17) is 0 Å². The zero-order valence-electron chi connectivity index (χ0n) is 14.5. The molecule has 0 spiro atoms. The van der Waals surface area contributed by atoms with Crippen molar-refractivity contribution >= 4 is 11.9 Å². The molecular weight excluding hydrogens is 359 g/mol. The van der Waals surface area contributed by atoms with E-state index in [1.54, 1.807) is 18.2 Å². The Kier molecular flexibility index (Phi) is 4.71. The minimum absolute atomic E-state index is 0.124. The van der Waals surface area contributed by atoms with Crippen LogP contribution in [0.3, 0.4) is 0 Å². The van der Waals surface area contributed by atoms with E-state index in [9.17, 15) is 27.9 Å². The predicted molar refractivity (Wildman–Crippen MR) is 92.3 cm³/mol. The first kappa shape index (κ1) is 18.9. The number of amides is 1. The van der Waals surface area contributed by atoms with E-state index < -0.39 is 29.2 Å². The third-order valence-electron chi connectivity index (χ3n) is 5.05. The van der Waals surface area contributed by atoms with Crippen LogP contribution in [0.1, 0.15) is 52.7 Å². The number of benzene rings is 2. The van der Waals surface area contributed by atoms with Crippen LogP contribution in [0.25, 0.3) is 0 Å². The Labute approximate surface area is 154 Å². The molecule has 0 heterocycles. The summed E-state index contributed by atoms with van der Waals surface area (Å²) in [4.78, 5) is 24.8. The maximum Gasteiger partial charge on any atom is 0.416 e. The van der Waals surface area contributed by atoms with Crippen molar-refractivity contribution in [2.24, 2.45) is 0 Å². The molecule has 4 nitrogen and oxygen atoms in total. The molecule has 0 saturated carbocycles. The van der Waals surface area contributed by atoms with E-state index in [0.29, 0.717) is 12.0 Å². The van der Waals surface area contributed by atoms with Gasteiger partial charge in [0, 0.05) is 5.56 Å². The second kappa shape index (κ2) is 6.72. The van der Waals surface area contributed by atoms with Gasteiger partial charge in [0.05, 0.1) is 5.56 Å². The number of rotatable bonds is 3. The van der Waals surface area contributed by atoms with Gasteiger partial charge in [-0.1, -0.05) is 37.3 Å². The van der Waals surface area contributed by atoms with Crippen molar-refractivity contribution in [3.05, 3.63) is 70.8 Å². The molecule has 0 saturated heterocycles. The van der Waals surface area contributed by atoms with Gasteiger partial charge in [0.25, 0.3) is 5.91 Å². The van der Waals surface area contributed by atoms with Crippen molar-refractivity contribution in [3.63, 3.8) is 0 Å². The number of hydrogen-bond donors (Lipinski definition) is 2. The largest absolute Gasteiger partial charge is 0.479 e. The summed E-state index contributed by atoms with van der Waals surface area (Å²) in [6, 6.07) is 10.9. The number of carbonyl (C=O) groups excluding carboxylic acids is 1. The molecule has 142 valence electrons. The third kappa shape index (κ3) is 3.41. The standard InChI is InChI=1S/C20H18F3NO3/c1-12-9-10-19(18(26)27,16-8-3-2-7-15(12)16)24-17(25)13-5-4-6-14(11-13)20(21,22)23/h2-8,11-12H,9-10H2,1H3,(H,24,25)(H,26,27). The molecule has 2 N–H and O–H groups in total. The van der Waals surface area contributed by atoms with Gasteiger partial charge in [0.1, 0.15) is 0 Å². The molecule has 1 aliphatic carbocycles. The smallest absolute Gasteiger partial charge is 0.416 e. The lowest BCUT2D eigenvalue weighted by atomic mass is 9.72. The summed E-state index contributed by atoms with van der Waals surface area (Å²) < 4.78 is 38.7. The van der Waals surface area contributed by atoms with Gasteiger partial charge in [-0.05, 0) is 48.1 Å². The Bertz CT molecular complexity index is 894. The van der Waals surface area contributed by atoms with E-state index >= 15 is 0 Å². The molecule has 2 atom stereocenters. The van der Waals surface area contributed by atoms with Crippen molar-refractivity contribution in [3.8, 4) is 0 Å². The van der Waals surface area contributed by atoms with Gasteiger partial charge in [-0.3, -0.25) is 4.79 Å². The second-order valence-electron chi connectivity index (χ2n) is 6.77. The van der Waals surface area contributed by atoms with Crippen molar-refractivity contribution in [1.82, 2.24) is 5.32 Å². The lowest BCUT2D eigenvalue weighted by Gasteiger charge is -2.38. The first-order chi connectivity index (χ1) is 12.6. The first-order valence-corrected chi connectivity index (χ1v) is 8.48. The molecule has 7 heteroatoms. The molecule has 0 fully saturated rings. The van der Waals surface area contributed by atoms with E-state index in [1.165, 1.54) is 6.07 Å². The fourth-order valence-corrected chi connectivity index (χ4v) is 3.55. The van der Waals surface area contributed by atoms with Crippen molar-refractivity contribution in [2.75, 3.05) is 0 Å². The first-order valence-electron chi connectivity index (χ1n) is 8.48. The van der Waals surface area contributed by atoms with E-state index in [0.717, 1.165) is 23.8 Å². The highest BCUT2D eigenvalue weighted by atomic mass is 19.4. The lowest BCUT2D eigenvalue weighted by molar-refractivity contribution is -0.145. The van der Waals surface area contributed by atoms with E-state index in [1.807, 2.05) is 13.0 Å². The highest BCUT2D eigenvalue weighted by Gasteiger charge is 2.46. The van der Waals surface area contributed by atoms with Crippen molar-refractivity contribution < 1.29 is 27.9 Å². The topological polar surface area (TPSA) is 66.4 Å². The summed E-state index contributed by atoms with van der Waals surface area (Å²) in [5.74, 6) is -1.96. The molecule has 0 aliphatic heterocycles. The van der Waals surface area contributed by atoms with Crippen molar-refractivity contribution in [1.29, 1.82) is 0 Å². The van der Waals surface area contributed by atoms with Gasteiger partial charge in [0.15, 0.2) is 5.54 Å². The fourth-order valence-electron chi connectivity index (χ4n) is 3.55. The quantitative estimate of drug-likeness (QED) is 0.838. The Morgan fingerprint density at radius 2 is 1.85 bits per heavy atom. The fraction of sp³-hybridized carbons (Fsp3) is 0.300. The molecular formula is C20H18F3NO3. The van der Waals surface area contributed by atoms with Crippen LogP contribution in [0.2, 0.25) is 0 Å². The van der Waals surface area contributed by atoms with Crippen LogP contribution in [0.4, 0.5) is 13.2 Å². The Balaban J connectivity index is 2.01. The number of halogens is 3. The molecule has 0 radical (unpaired) electrons. The summed E-state index contributed by atoms with van der Waals surface area (Å²) >= 11 is 0. The Morgan fingerprint density at radius 1 is 1.15 bits per heavy atom. The molecule has 2 aromatic carbocycles. The summed E-state index contributed by atoms with van der Waals surface area (Å²) in [5.41, 5.74) is -1.58. The number of nitrogens with one attached hydrogen (secondary N) is 1. The highest BCUT2D eigenvalue weighted by Crippen LogP contribution is 2.41. The number of aliphatic carboxylic acids is 1. The summed E-state index contributed by atoms with van der Waals surface area (Å²) in [5, 5.41) is 12.4. The van der Waals surface area contributed by atoms with Gasteiger partial charge in [-0.2, -0.15) is 13.2 Å². The Morgan fingerprint density at radius 3 is 2.52 bits per heavy atom. The molecule has 1 amide bonds. The van der Waals surface area contributed by atoms with Crippen LogP contribution in [0.5, 0.6) is 0 Å². The summed E-state index contributed by atoms with van der Waals surface area (Å²) in [6.07, 6.45) is -3.90. The minimum Gasteiger partial charge on any atom is -0.479 e. The molecule has 0 aromatic heterocycles. The minimum atomic E-state index is -4.59. The van der Waals surface area contributed by atoms with Crippen LogP contribution in [-0.2, 0) is 16.5 Å². The lowest BCUT2D eigenvalue weighted by Crippen LogP contribution is -2.54. The van der Waals surface area contributed by atoms with Gasteiger partial charge in [0.2, 0.25) is 0 Å². The van der Waals surface area contributed by atoms with Gasteiger partial charge in [-0.15, -0.1) is 0 Å². The van der Waals surface area contributed by atoms with Crippen LogP contribution in [0.15, 0.2) is 48.5 Å². The number of carbonyl (C=O) groups is 2. The Hall–Kier alpha value is -2.83. The van der Waals surface area contributed by atoms with Crippen LogP contribution in [0, 0.1) is 0 Å². The van der Waals surface area contributed by atoms with Crippen LogP contribution < -0.4 is 5.32 Å². The van der Waals surface area contributed by atoms with Crippen molar-refractivity contribution in [2.45, 2.75) is 37.4 Å². The second-order valence-corrected chi connectivity index (χ2v) is 6.77. The molecule has 2 aromatic rings. The molecule has 0 bridgehead atoms. The molecule has 3 rings (SSSR count). The number of fused-ring (bicyclic) bond motifs is 1. The van der Waals surface area contributed by atoms with E-state index in [2.05, 4.69) is 5.32 Å². The zero-order chi connectivity index (χ0) is 19.8. The number of carboxylic acids is 1. The maximum absolute atomic E-state index is 12.9.